The van der Waals surface area contributed by atoms with E-state index in [9.17, 15) is 10.1 Å². The van der Waals surface area contributed by atoms with Crippen molar-refractivity contribution in [1.82, 2.24) is 0 Å². The molecular formula is C10H12N2O3. The van der Waals surface area contributed by atoms with Gasteiger partial charge in [0.05, 0.1) is 17.7 Å². The maximum atomic E-state index is 10.6. The lowest BCUT2D eigenvalue weighted by Gasteiger charge is -2.03. The number of nitrogens with zero attached hydrogens (tertiary/aromatic N) is 2. The van der Waals surface area contributed by atoms with Gasteiger partial charge in [-0.1, -0.05) is 0 Å². The number of aryl methyl sites for hydroxylation is 1. The summed E-state index contributed by atoms with van der Waals surface area (Å²) in [7, 11) is 1.48. The maximum Gasteiger partial charge on any atom is 0.271 e. The summed E-state index contributed by atoms with van der Waals surface area (Å²) >= 11 is 0. The lowest BCUT2D eigenvalue weighted by molar-refractivity contribution is -0.384. The minimum absolute atomic E-state index is 0.0429. The molecular weight excluding hydrogens is 196 g/mol. The van der Waals surface area contributed by atoms with Crippen molar-refractivity contribution < 1.29 is 9.66 Å². The van der Waals surface area contributed by atoms with Gasteiger partial charge in [0.25, 0.3) is 5.69 Å². The van der Waals surface area contributed by atoms with E-state index in [0.29, 0.717) is 5.69 Å². The van der Waals surface area contributed by atoms with Crippen LogP contribution in [-0.4, -0.2) is 18.4 Å². The third-order valence-electron chi connectivity index (χ3n) is 2.13. The molecule has 1 rings (SSSR count). The first-order valence-electron chi connectivity index (χ1n) is 4.37. The molecule has 0 spiro atoms. The molecule has 0 aliphatic heterocycles. The first-order chi connectivity index (χ1) is 7.06. The quantitative estimate of drug-likeness (QED) is 0.332. The number of hydrogen-bond acceptors (Lipinski definition) is 4. The third-order valence-corrected chi connectivity index (χ3v) is 2.13. The molecule has 80 valence electrons. The molecule has 0 atom stereocenters. The highest BCUT2D eigenvalue weighted by Gasteiger charge is 2.10. The van der Waals surface area contributed by atoms with E-state index in [1.165, 1.54) is 25.6 Å². The van der Waals surface area contributed by atoms with Crippen LogP contribution in [0.3, 0.4) is 0 Å². The smallest absolute Gasteiger partial charge is 0.271 e. The second-order valence-corrected chi connectivity index (χ2v) is 3.13. The van der Waals surface area contributed by atoms with Gasteiger partial charge in [-0.15, -0.1) is 0 Å². The maximum absolute atomic E-state index is 10.6. The van der Waals surface area contributed by atoms with E-state index in [1.807, 2.05) is 13.8 Å². The van der Waals surface area contributed by atoms with E-state index in [4.69, 9.17) is 0 Å². The van der Waals surface area contributed by atoms with E-state index in [1.54, 1.807) is 0 Å². The van der Waals surface area contributed by atoms with Gasteiger partial charge in [-0.05, 0) is 25.0 Å². The molecule has 0 aliphatic rings. The number of ether oxygens (including phenoxy) is 1. The Morgan fingerprint density at radius 2 is 2.13 bits per heavy atom. The number of non-ortho nitro benzene ring substituents is 1. The van der Waals surface area contributed by atoms with Crippen molar-refractivity contribution in [2.75, 3.05) is 7.11 Å². The summed E-state index contributed by atoms with van der Waals surface area (Å²) in [5, 5.41) is 10.6. The fourth-order valence-corrected chi connectivity index (χ4v) is 1.17. The average Bonchev–Trinajstić information content (AvgIpc) is 2.19. The SMILES string of the molecule is COC=Nc1cc([N+](=O)[O-])cc(C)c1C. The van der Waals surface area contributed by atoms with Crippen molar-refractivity contribution in [1.29, 1.82) is 0 Å². The van der Waals surface area contributed by atoms with E-state index in [-0.39, 0.29) is 5.69 Å². The zero-order chi connectivity index (χ0) is 11.4. The van der Waals surface area contributed by atoms with Gasteiger partial charge in [0.2, 0.25) is 0 Å². The molecule has 0 radical (unpaired) electrons. The average molecular weight is 208 g/mol. The van der Waals surface area contributed by atoms with Crippen LogP contribution in [0.1, 0.15) is 11.1 Å². The fourth-order valence-electron chi connectivity index (χ4n) is 1.17. The van der Waals surface area contributed by atoms with Crippen molar-refractivity contribution in [3.63, 3.8) is 0 Å². The topological polar surface area (TPSA) is 64.7 Å². The summed E-state index contributed by atoms with van der Waals surface area (Å²) in [5.74, 6) is 0. The molecule has 0 fully saturated rings. The molecule has 0 aliphatic carbocycles. The van der Waals surface area contributed by atoms with Crippen LogP contribution in [-0.2, 0) is 4.74 Å². The predicted octanol–water partition coefficient (Wildman–Crippen LogP) is 2.52. The highest BCUT2D eigenvalue weighted by molar-refractivity contribution is 5.63. The highest BCUT2D eigenvalue weighted by Crippen LogP contribution is 2.27. The summed E-state index contributed by atoms with van der Waals surface area (Å²) in [4.78, 5) is 14.2. The number of nitro benzene ring substituents is 1. The largest absolute Gasteiger partial charge is 0.486 e. The first kappa shape index (κ1) is 11.2. The normalized spacial score (nSPS) is 10.6. The molecule has 1 aromatic rings. The first-order valence-corrected chi connectivity index (χ1v) is 4.37. The number of rotatable bonds is 3. The predicted molar refractivity (Wildman–Crippen MR) is 57.7 cm³/mol. The Morgan fingerprint density at radius 1 is 1.47 bits per heavy atom. The minimum Gasteiger partial charge on any atom is -0.486 e. The zero-order valence-corrected chi connectivity index (χ0v) is 8.85. The van der Waals surface area contributed by atoms with Gasteiger partial charge in [-0.2, -0.15) is 0 Å². The van der Waals surface area contributed by atoms with Crippen LogP contribution in [0.4, 0.5) is 11.4 Å². The Bertz CT molecular complexity index is 413. The molecule has 0 aromatic heterocycles. The Kier molecular flexibility index (Phi) is 3.38. The summed E-state index contributed by atoms with van der Waals surface area (Å²) in [6.07, 6.45) is 1.26. The Hall–Kier alpha value is -1.91. The van der Waals surface area contributed by atoms with E-state index in [2.05, 4.69) is 9.73 Å². The number of methoxy groups -OCH3 is 1. The van der Waals surface area contributed by atoms with E-state index < -0.39 is 4.92 Å². The summed E-state index contributed by atoms with van der Waals surface area (Å²) in [5.41, 5.74) is 2.35. The van der Waals surface area contributed by atoms with Gasteiger partial charge in [0, 0.05) is 12.1 Å². The molecule has 0 heterocycles. The molecule has 1 aromatic carbocycles. The molecule has 0 bridgehead atoms. The van der Waals surface area contributed by atoms with Gasteiger partial charge in [-0.25, -0.2) is 4.99 Å². The Labute approximate surface area is 87.6 Å². The van der Waals surface area contributed by atoms with Gasteiger partial charge in [0.15, 0.2) is 6.40 Å². The number of benzene rings is 1. The number of nitro groups is 1. The molecule has 5 heteroatoms. The molecule has 5 nitrogen and oxygen atoms in total. The monoisotopic (exact) mass is 208 g/mol. The second-order valence-electron chi connectivity index (χ2n) is 3.13. The van der Waals surface area contributed by atoms with Crippen molar-refractivity contribution in [2.24, 2.45) is 4.99 Å². The third kappa shape index (κ3) is 2.52. The van der Waals surface area contributed by atoms with Crippen LogP contribution in [0.5, 0.6) is 0 Å². The van der Waals surface area contributed by atoms with Crippen molar-refractivity contribution in [2.45, 2.75) is 13.8 Å². The molecule has 0 unspecified atom stereocenters. The Balaban J connectivity index is 3.24. The van der Waals surface area contributed by atoms with Crippen LogP contribution >= 0.6 is 0 Å². The molecule has 0 amide bonds. The van der Waals surface area contributed by atoms with Gasteiger partial charge >= 0.3 is 0 Å². The standard InChI is InChI=1S/C10H12N2O3/c1-7-4-9(12(13)14)5-10(8(7)2)11-6-15-3/h4-6H,1-3H3. The molecule has 0 saturated heterocycles. The van der Waals surface area contributed by atoms with Crippen molar-refractivity contribution >= 4 is 17.8 Å². The van der Waals surface area contributed by atoms with E-state index in [0.717, 1.165) is 11.1 Å². The van der Waals surface area contributed by atoms with Crippen LogP contribution in [0.15, 0.2) is 17.1 Å². The van der Waals surface area contributed by atoms with E-state index >= 15 is 0 Å². The lowest BCUT2D eigenvalue weighted by Crippen LogP contribution is -1.91. The van der Waals surface area contributed by atoms with Gasteiger partial charge in [-0.3, -0.25) is 10.1 Å². The summed E-state index contributed by atoms with van der Waals surface area (Å²) in [6.45, 7) is 3.68. The second kappa shape index (κ2) is 4.54. The van der Waals surface area contributed by atoms with Crippen molar-refractivity contribution in [3.05, 3.63) is 33.4 Å². The molecule has 0 saturated carbocycles. The zero-order valence-electron chi connectivity index (χ0n) is 8.85. The summed E-state index contributed by atoms with van der Waals surface area (Å²) < 4.78 is 4.68. The fraction of sp³-hybridized carbons (Fsp3) is 0.300. The minimum atomic E-state index is -0.432. The molecule has 15 heavy (non-hydrogen) atoms. The van der Waals surface area contributed by atoms with Gasteiger partial charge < -0.3 is 4.74 Å². The lowest BCUT2D eigenvalue weighted by atomic mass is 10.1. The summed E-state index contributed by atoms with van der Waals surface area (Å²) in [6, 6.07) is 2.96. The van der Waals surface area contributed by atoms with Crippen LogP contribution in [0, 0.1) is 24.0 Å². The molecule has 0 N–H and O–H groups in total. The van der Waals surface area contributed by atoms with Crippen LogP contribution in [0.2, 0.25) is 0 Å². The highest BCUT2D eigenvalue weighted by atomic mass is 16.6. The Morgan fingerprint density at radius 3 is 2.67 bits per heavy atom. The van der Waals surface area contributed by atoms with Crippen molar-refractivity contribution in [3.8, 4) is 0 Å². The van der Waals surface area contributed by atoms with Crippen LogP contribution < -0.4 is 0 Å². The van der Waals surface area contributed by atoms with Gasteiger partial charge in [0.1, 0.15) is 0 Å². The number of aliphatic imine (C=N–C) groups is 1. The number of hydrogen-bond donors (Lipinski definition) is 0. The van der Waals surface area contributed by atoms with Crippen LogP contribution in [0.25, 0.3) is 0 Å².